The van der Waals surface area contributed by atoms with Crippen molar-refractivity contribution in [3.63, 3.8) is 0 Å². The van der Waals surface area contributed by atoms with Gasteiger partial charge >= 0.3 is 0 Å². The number of piperazine rings is 1. The van der Waals surface area contributed by atoms with E-state index < -0.39 is 5.82 Å². The zero-order valence-electron chi connectivity index (χ0n) is 12.3. The van der Waals surface area contributed by atoms with Crippen LogP contribution in [0.1, 0.15) is 10.4 Å². The van der Waals surface area contributed by atoms with Gasteiger partial charge in [-0.25, -0.2) is 4.39 Å². The van der Waals surface area contributed by atoms with Crippen molar-refractivity contribution in [2.75, 3.05) is 31.1 Å². The molecular weight excluding hydrogens is 338 g/mol. The summed E-state index contributed by atoms with van der Waals surface area (Å²) >= 11 is 12.2. The van der Waals surface area contributed by atoms with Crippen molar-refractivity contribution in [2.24, 2.45) is 0 Å². The normalized spacial score (nSPS) is 14.9. The molecule has 1 aliphatic rings. The number of halogens is 3. The zero-order chi connectivity index (χ0) is 16.4. The molecule has 23 heavy (non-hydrogen) atoms. The highest BCUT2D eigenvalue weighted by atomic mass is 35.5. The topological polar surface area (TPSA) is 23.6 Å². The molecule has 0 radical (unpaired) electrons. The number of hydrogen-bond donors (Lipinski definition) is 0. The van der Waals surface area contributed by atoms with Gasteiger partial charge in [-0.1, -0.05) is 35.3 Å². The molecule has 0 unspecified atom stereocenters. The number of amides is 1. The molecule has 1 heterocycles. The summed E-state index contributed by atoms with van der Waals surface area (Å²) in [5.74, 6) is -0.708. The molecule has 1 fully saturated rings. The number of rotatable bonds is 2. The second-order valence-electron chi connectivity index (χ2n) is 5.35. The molecule has 2 aromatic carbocycles. The average Bonchev–Trinajstić information content (AvgIpc) is 2.57. The SMILES string of the molecule is O=C(c1cc(F)ccc1Cl)N1CCN(c2ccccc2Cl)CC1. The minimum absolute atomic E-state index is 0.206. The van der Waals surface area contributed by atoms with E-state index in [1.807, 2.05) is 24.3 Å². The lowest BCUT2D eigenvalue weighted by Gasteiger charge is -2.36. The van der Waals surface area contributed by atoms with Gasteiger partial charge in [0.25, 0.3) is 5.91 Å². The maximum Gasteiger partial charge on any atom is 0.255 e. The van der Waals surface area contributed by atoms with Gasteiger partial charge < -0.3 is 9.80 Å². The molecule has 1 aliphatic heterocycles. The molecule has 0 spiro atoms. The van der Waals surface area contributed by atoms with Gasteiger partial charge in [0.15, 0.2) is 0 Å². The Labute approximate surface area is 144 Å². The van der Waals surface area contributed by atoms with Crippen molar-refractivity contribution in [3.05, 3.63) is 63.9 Å². The van der Waals surface area contributed by atoms with Crippen LogP contribution in [0.15, 0.2) is 42.5 Å². The molecule has 0 atom stereocenters. The van der Waals surface area contributed by atoms with Crippen molar-refractivity contribution in [1.82, 2.24) is 4.90 Å². The molecule has 0 bridgehead atoms. The van der Waals surface area contributed by atoms with Gasteiger partial charge in [-0.15, -0.1) is 0 Å². The molecule has 0 aliphatic carbocycles. The summed E-state index contributed by atoms with van der Waals surface area (Å²) in [6, 6.07) is 11.5. The van der Waals surface area contributed by atoms with Crippen LogP contribution in [0.25, 0.3) is 0 Å². The Bertz CT molecular complexity index is 730. The molecule has 3 nitrogen and oxygen atoms in total. The molecule has 0 aromatic heterocycles. The molecule has 120 valence electrons. The number of hydrogen-bond acceptors (Lipinski definition) is 2. The Kier molecular flexibility index (Phi) is 4.74. The van der Waals surface area contributed by atoms with E-state index in [4.69, 9.17) is 23.2 Å². The molecule has 1 saturated heterocycles. The Morgan fingerprint density at radius 2 is 1.65 bits per heavy atom. The lowest BCUT2D eigenvalue weighted by molar-refractivity contribution is 0.0746. The standard InChI is InChI=1S/C17H15Cl2FN2O/c18-14-6-5-12(20)11-13(14)17(23)22-9-7-21(8-10-22)16-4-2-1-3-15(16)19/h1-6,11H,7-10H2. The molecule has 6 heteroatoms. The fourth-order valence-corrected chi connectivity index (χ4v) is 3.14. The molecular formula is C17H15Cl2FN2O. The predicted molar refractivity (Wildman–Crippen MR) is 91.0 cm³/mol. The molecule has 2 aromatic rings. The smallest absolute Gasteiger partial charge is 0.255 e. The van der Waals surface area contributed by atoms with Crippen LogP contribution >= 0.6 is 23.2 Å². The van der Waals surface area contributed by atoms with Crippen molar-refractivity contribution >= 4 is 34.8 Å². The number of carbonyl (C=O) groups excluding carboxylic acids is 1. The summed E-state index contributed by atoms with van der Waals surface area (Å²) in [5.41, 5.74) is 1.17. The van der Waals surface area contributed by atoms with E-state index >= 15 is 0 Å². The largest absolute Gasteiger partial charge is 0.367 e. The van der Waals surface area contributed by atoms with Crippen molar-refractivity contribution in [2.45, 2.75) is 0 Å². The molecule has 3 rings (SSSR count). The van der Waals surface area contributed by atoms with Crippen LogP contribution in [-0.2, 0) is 0 Å². The quantitative estimate of drug-likeness (QED) is 0.812. The van der Waals surface area contributed by atoms with E-state index in [-0.39, 0.29) is 16.5 Å². The minimum atomic E-state index is -0.465. The molecule has 0 saturated carbocycles. The number of nitrogens with zero attached hydrogens (tertiary/aromatic N) is 2. The predicted octanol–water partition coefficient (Wildman–Crippen LogP) is 4.09. The number of carbonyl (C=O) groups is 1. The summed E-state index contributed by atoms with van der Waals surface area (Å²) < 4.78 is 13.4. The van der Waals surface area contributed by atoms with Crippen LogP contribution < -0.4 is 4.90 Å². The van der Waals surface area contributed by atoms with E-state index in [0.717, 1.165) is 5.69 Å². The third kappa shape index (κ3) is 3.43. The van der Waals surface area contributed by atoms with E-state index in [2.05, 4.69) is 4.90 Å². The fraction of sp³-hybridized carbons (Fsp3) is 0.235. The Morgan fingerprint density at radius 1 is 0.957 bits per heavy atom. The highest BCUT2D eigenvalue weighted by Crippen LogP contribution is 2.27. The van der Waals surface area contributed by atoms with E-state index in [1.54, 1.807) is 4.90 Å². The number of anilines is 1. The Morgan fingerprint density at radius 3 is 2.35 bits per heavy atom. The van der Waals surface area contributed by atoms with Crippen molar-refractivity contribution in [1.29, 1.82) is 0 Å². The summed E-state index contributed by atoms with van der Waals surface area (Å²) in [5, 5.41) is 0.963. The summed E-state index contributed by atoms with van der Waals surface area (Å²) in [4.78, 5) is 16.3. The van der Waals surface area contributed by atoms with Crippen LogP contribution in [0.5, 0.6) is 0 Å². The van der Waals surface area contributed by atoms with Crippen molar-refractivity contribution in [3.8, 4) is 0 Å². The fourth-order valence-electron chi connectivity index (χ4n) is 2.69. The van der Waals surface area contributed by atoms with Crippen LogP contribution in [0.2, 0.25) is 10.0 Å². The molecule has 0 N–H and O–H groups in total. The van der Waals surface area contributed by atoms with Gasteiger partial charge in [0, 0.05) is 26.2 Å². The second-order valence-corrected chi connectivity index (χ2v) is 6.17. The van der Waals surface area contributed by atoms with Crippen LogP contribution in [0.3, 0.4) is 0 Å². The third-order valence-electron chi connectivity index (χ3n) is 3.92. The Hall–Kier alpha value is -1.78. The van der Waals surface area contributed by atoms with Crippen LogP contribution in [0.4, 0.5) is 10.1 Å². The monoisotopic (exact) mass is 352 g/mol. The summed E-state index contributed by atoms with van der Waals surface area (Å²) in [6.07, 6.45) is 0. The lowest BCUT2D eigenvalue weighted by atomic mass is 10.1. The third-order valence-corrected chi connectivity index (χ3v) is 4.57. The maximum absolute atomic E-state index is 13.4. The van der Waals surface area contributed by atoms with E-state index in [1.165, 1.54) is 18.2 Å². The van der Waals surface area contributed by atoms with Crippen LogP contribution in [0, 0.1) is 5.82 Å². The first-order valence-corrected chi connectivity index (χ1v) is 8.05. The minimum Gasteiger partial charge on any atom is -0.367 e. The number of benzene rings is 2. The van der Waals surface area contributed by atoms with Gasteiger partial charge in [-0.2, -0.15) is 0 Å². The average molecular weight is 353 g/mol. The van der Waals surface area contributed by atoms with E-state index in [9.17, 15) is 9.18 Å². The van der Waals surface area contributed by atoms with Gasteiger partial charge in [0.2, 0.25) is 0 Å². The van der Waals surface area contributed by atoms with Gasteiger partial charge in [-0.05, 0) is 30.3 Å². The first-order valence-electron chi connectivity index (χ1n) is 7.30. The van der Waals surface area contributed by atoms with Crippen molar-refractivity contribution < 1.29 is 9.18 Å². The highest BCUT2D eigenvalue weighted by Gasteiger charge is 2.24. The van der Waals surface area contributed by atoms with Gasteiger partial charge in [0.05, 0.1) is 21.3 Å². The lowest BCUT2D eigenvalue weighted by Crippen LogP contribution is -2.49. The van der Waals surface area contributed by atoms with Gasteiger partial charge in [0.1, 0.15) is 5.82 Å². The Balaban J connectivity index is 1.70. The van der Waals surface area contributed by atoms with E-state index in [0.29, 0.717) is 31.2 Å². The highest BCUT2D eigenvalue weighted by molar-refractivity contribution is 6.34. The first-order chi connectivity index (χ1) is 11.1. The maximum atomic E-state index is 13.4. The van der Waals surface area contributed by atoms with Gasteiger partial charge in [-0.3, -0.25) is 4.79 Å². The number of para-hydroxylation sites is 1. The second kappa shape index (κ2) is 6.77. The molecule has 1 amide bonds. The summed E-state index contributed by atoms with van der Waals surface area (Å²) in [7, 11) is 0. The summed E-state index contributed by atoms with van der Waals surface area (Å²) in [6.45, 7) is 2.42. The van der Waals surface area contributed by atoms with Crippen LogP contribution in [-0.4, -0.2) is 37.0 Å². The first kappa shape index (κ1) is 16.1. The zero-order valence-corrected chi connectivity index (χ0v) is 13.8.